The number of hydrogen-bond acceptors (Lipinski definition) is 7. The number of amides is 1. The minimum atomic E-state index is -2.32. The molecule has 0 aromatic rings. The van der Waals surface area contributed by atoms with Crippen LogP contribution in [-0.4, -0.2) is 68.0 Å². The molecule has 3 saturated carbocycles. The van der Waals surface area contributed by atoms with Crippen molar-refractivity contribution < 1.29 is 39.2 Å². The molecule has 0 radical (unpaired) electrons. The number of aliphatic hydroxyl groups excluding tert-OH is 3. The highest BCUT2D eigenvalue weighted by atomic mass is 19.1. The summed E-state index contributed by atoms with van der Waals surface area (Å²) in [6, 6.07) is 0. The first-order valence-corrected chi connectivity index (χ1v) is 10.9. The van der Waals surface area contributed by atoms with Crippen LogP contribution in [0.25, 0.3) is 0 Å². The Kier molecular flexibility index (Phi) is 5.10. The van der Waals surface area contributed by atoms with Crippen LogP contribution in [0.1, 0.15) is 46.0 Å². The van der Waals surface area contributed by atoms with Crippen LogP contribution in [0.4, 0.5) is 4.39 Å². The number of Topliss-reactive ketones (excluding diaryl/α,β-unsaturated/α-hetero) is 1. The number of rotatable bonds is 4. The Balaban J connectivity index is 1.87. The maximum Gasteiger partial charge on any atom is 0.221 e. The number of ketones is 2. The predicted octanol–water partition coefficient (Wildman–Crippen LogP) is -0.134. The number of fused-ring (bicyclic) bond motifs is 5. The summed E-state index contributed by atoms with van der Waals surface area (Å²) in [4.78, 5) is 36.5. The molecule has 1 amide bonds. The monoisotopic (exact) mass is 451 g/mol. The van der Waals surface area contributed by atoms with Gasteiger partial charge in [-0.25, -0.2) is 4.39 Å². The number of alkyl halides is 1. The molecule has 4 aliphatic rings. The summed E-state index contributed by atoms with van der Waals surface area (Å²) in [5.74, 6) is -3.62. The summed E-state index contributed by atoms with van der Waals surface area (Å²) in [5, 5.41) is 42.6. The lowest BCUT2D eigenvalue weighted by molar-refractivity contribution is -0.224. The van der Waals surface area contributed by atoms with Crippen LogP contribution < -0.4 is 5.73 Å². The van der Waals surface area contributed by atoms with E-state index in [0.717, 1.165) is 0 Å². The van der Waals surface area contributed by atoms with Gasteiger partial charge in [0.15, 0.2) is 22.8 Å². The molecular formula is C23H30FNO7. The summed E-state index contributed by atoms with van der Waals surface area (Å²) >= 11 is 0. The number of halogens is 1. The van der Waals surface area contributed by atoms with E-state index in [9.17, 15) is 34.8 Å². The van der Waals surface area contributed by atoms with Crippen LogP contribution in [-0.2, 0) is 14.4 Å². The van der Waals surface area contributed by atoms with E-state index in [1.165, 1.54) is 12.2 Å². The summed E-state index contributed by atoms with van der Waals surface area (Å²) < 4.78 is 17.3. The molecule has 3 fully saturated rings. The summed E-state index contributed by atoms with van der Waals surface area (Å²) in [6.07, 6.45) is -0.873. The molecule has 4 rings (SSSR count). The van der Waals surface area contributed by atoms with Gasteiger partial charge in [0.25, 0.3) is 0 Å². The Morgan fingerprint density at radius 1 is 1.19 bits per heavy atom. The van der Waals surface area contributed by atoms with Gasteiger partial charge in [-0.05, 0) is 56.3 Å². The first-order chi connectivity index (χ1) is 14.8. The normalized spacial score (nSPS) is 47.7. The number of nitrogens with two attached hydrogens (primary N) is 1. The van der Waals surface area contributed by atoms with Crippen molar-refractivity contribution >= 4 is 17.5 Å². The van der Waals surface area contributed by atoms with Gasteiger partial charge in [0.05, 0.1) is 12.2 Å². The SMILES string of the molecule is C[C@@]12C(=CC(=O)C=C1CC(N)=O)CC[C@H]1[C@@H]3C[C@@H](O)C(O)(C(=O)CO)[C@@]3(C)C[C@H](O)[C@@]12F. The average Bonchev–Trinajstić information content (AvgIpc) is 2.90. The Labute approximate surface area is 185 Å². The van der Waals surface area contributed by atoms with Gasteiger partial charge >= 0.3 is 0 Å². The number of hydrogen-bond donors (Lipinski definition) is 5. The van der Waals surface area contributed by atoms with Crippen molar-refractivity contribution in [3.63, 3.8) is 0 Å². The third-order valence-electron chi connectivity index (χ3n) is 9.12. The molecule has 6 N–H and O–H groups in total. The zero-order chi connectivity index (χ0) is 23.9. The molecule has 8 atom stereocenters. The maximum atomic E-state index is 17.3. The molecule has 0 spiro atoms. The van der Waals surface area contributed by atoms with Gasteiger partial charge in [0.1, 0.15) is 6.61 Å². The fraction of sp³-hybridized carbons (Fsp3) is 0.696. The van der Waals surface area contributed by atoms with Gasteiger partial charge < -0.3 is 26.2 Å². The number of carbonyl (C=O) groups excluding carboxylic acids is 3. The third kappa shape index (κ3) is 2.53. The molecule has 1 unspecified atom stereocenters. The molecule has 9 heteroatoms. The van der Waals surface area contributed by atoms with Crippen LogP contribution in [0.15, 0.2) is 23.3 Å². The molecule has 0 aromatic heterocycles. The van der Waals surface area contributed by atoms with E-state index in [2.05, 4.69) is 0 Å². The van der Waals surface area contributed by atoms with Crippen molar-refractivity contribution in [1.82, 2.24) is 0 Å². The second-order valence-corrected chi connectivity index (χ2v) is 10.3. The topological polar surface area (TPSA) is 158 Å². The average molecular weight is 451 g/mol. The molecule has 0 saturated heterocycles. The molecule has 0 aromatic carbocycles. The molecule has 4 aliphatic carbocycles. The fourth-order valence-electron chi connectivity index (χ4n) is 7.50. The minimum absolute atomic E-state index is 0.0786. The minimum Gasteiger partial charge on any atom is -0.390 e. The zero-order valence-electron chi connectivity index (χ0n) is 18.2. The molecule has 32 heavy (non-hydrogen) atoms. The predicted molar refractivity (Wildman–Crippen MR) is 110 cm³/mol. The maximum absolute atomic E-state index is 17.3. The van der Waals surface area contributed by atoms with Crippen molar-refractivity contribution in [2.24, 2.45) is 28.4 Å². The third-order valence-corrected chi connectivity index (χ3v) is 9.12. The van der Waals surface area contributed by atoms with Gasteiger partial charge in [-0.3, -0.25) is 14.4 Å². The highest BCUT2D eigenvalue weighted by Crippen LogP contribution is 2.70. The van der Waals surface area contributed by atoms with Crippen molar-refractivity contribution in [3.05, 3.63) is 23.3 Å². The van der Waals surface area contributed by atoms with E-state index >= 15 is 4.39 Å². The van der Waals surface area contributed by atoms with Gasteiger partial charge in [-0.15, -0.1) is 0 Å². The number of primary amides is 1. The molecule has 0 bridgehead atoms. The fourth-order valence-corrected chi connectivity index (χ4v) is 7.50. The van der Waals surface area contributed by atoms with Gasteiger partial charge in [0, 0.05) is 23.2 Å². The standard InChI is InChI=1S/C23H30FNO7/c1-20-9-17(29)22(24)14(15(20)8-16(28)23(20,32)18(30)10-26)4-3-11-5-13(27)6-12(7-19(25)31)21(11,22)2/h5-6,14-17,26,28-29,32H,3-4,7-10H2,1-2H3,(H2,25,31)/t14-,15-,16+,17-,20-,21+,22-,23?/m0/s1. The van der Waals surface area contributed by atoms with Crippen LogP contribution >= 0.6 is 0 Å². The highest BCUT2D eigenvalue weighted by Gasteiger charge is 2.76. The van der Waals surface area contributed by atoms with E-state index in [0.29, 0.717) is 12.0 Å². The Hall–Kier alpha value is -1.94. The van der Waals surface area contributed by atoms with E-state index in [1.54, 1.807) is 13.8 Å². The van der Waals surface area contributed by atoms with Gasteiger partial charge in [-0.2, -0.15) is 0 Å². The summed E-state index contributed by atoms with van der Waals surface area (Å²) in [6.45, 7) is 2.12. The lowest BCUT2D eigenvalue weighted by atomic mass is 9.43. The number of carbonyl (C=O) groups is 3. The first kappa shape index (κ1) is 23.2. The van der Waals surface area contributed by atoms with Gasteiger partial charge in [-0.1, -0.05) is 12.5 Å². The van der Waals surface area contributed by atoms with Crippen LogP contribution in [0.3, 0.4) is 0 Å². The van der Waals surface area contributed by atoms with Crippen molar-refractivity contribution in [1.29, 1.82) is 0 Å². The Morgan fingerprint density at radius 2 is 1.84 bits per heavy atom. The van der Waals surface area contributed by atoms with Crippen molar-refractivity contribution in [3.8, 4) is 0 Å². The first-order valence-electron chi connectivity index (χ1n) is 10.9. The lowest BCUT2D eigenvalue weighted by Crippen LogP contribution is -2.70. The molecule has 0 heterocycles. The highest BCUT2D eigenvalue weighted by molar-refractivity contribution is 6.03. The van der Waals surface area contributed by atoms with Crippen LogP contribution in [0, 0.1) is 22.7 Å². The summed E-state index contributed by atoms with van der Waals surface area (Å²) in [7, 11) is 0. The van der Waals surface area contributed by atoms with E-state index in [4.69, 9.17) is 5.73 Å². The number of allylic oxidation sites excluding steroid dienone is 3. The van der Waals surface area contributed by atoms with E-state index in [1.807, 2.05) is 0 Å². The molecule has 176 valence electrons. The van der Waals surface area contributed by atoms with Crippen LogP contribution in [0.2, 0.25) is 0 Å². The van der Waals surface area contributed by atoms with E-state index in [-0.39, 0.29) is 37.0 Å². The van der Waals surface area contributed by atoms with Crippen molar-refractivity contribution in [2.75, 3.05) is 6.61 Å². The molecular weight excluding hydrogens is 421 g/mol. The van der Waals surface area contributed by atoms with Gasteiger partial charge in [0.2, 0.25) is 5.91 Å². The zero-order valence-corrected chi connectivity index (χ0v) is 18.2. The molecule has 8 nitrogen and oxygen atoms in total. The van der Waals surface area contributed by atoms with Crippen LogP contribution in [0.5, 0.6) is 0 Å². The second kappa shape index (κ2) is 7.03. The Morgan fingerprint density at radius 3 is 2.44 bits per heavy atom. The largest absolute Gasteiger partial charge is 0.390 e. The Bertz CT molecular complexity index is 962. The van der Waals surface area contributed by atoms with Crippen molar-refractivity contribution in [2.45, 2.75) is 69.4 Å². The quantitative estimate of drug-likeness (QED) is 0.398. The smallest absolute Gasteiger partial charge is 0.221 e. The number of aliphatic hydroxyl groups is 4. The van der Waals surface area contributed by atoms with E-state index < -0.39 is 64.4 Å². The lowest BCUT2D eigenvalue weighted by Gasteiger charge is -2.63. The second-order valence-electron chi connectivity index (χ2n) is 10.3. The summed E-state index contributed by atoms with van der Waals surface area (Å²) in [5.41, 5.74) is -1.44. The molecule has 0 aliphatic heterocycles.